The smallest absolute Gasteiger partial charge is 0.251 e. The van der Waals surface area contributed by atoms with E-state index in [1.807, 2.05) is 0 Å². The topological polar surface area (TPSA) is 64.3 Å². The minimum Gasteiger partial charge on any atom is -0.369 e. The SMILES string of the molecule is COC(C)(C)C(=O)NCCN. The summed E-state index contributed by atoms with van der Waals surface area (Å²) in [5, 5.41) is 2.63. The molecule has 0 spiro atoms. The fourth-order valence-corrected chi connectivity index (χ4v) is 0.491. The highest BCUT2D eigenvalue weighted by Crippen LogP contribution is 2.05. The van der Waals surface area contributed by atoms with Crippen molar-refractivity contribution in [2.45, 2.75) is 19.4 Å². The molecule has 0 heterocycles. The number of carbonyl (C=O) groups is 1. The molecule has 0 saturated carbocycles. The monoisotopic (exact) mass is 160 g/mol. The first-order valence-electron chi connectivity index (χ1n) is 3.58. The van der Waals surface area contributed by atoms with Crippen molar-refractivity contribution in [3.05, 3.63) is 0 Å². The molecule has 3 N–H and O–H groups in total. The van der Waals surface area contributed by atoms with Crippen molar-refractivity contribution in [3.63, 3.8) is 0 Å². The van der Waals surface area contributed by atoms with Crippen LogP contribution < -0.4 is 11.1 Å². The predicted molar refractivity (Wildman–Crippen MR) is 43.2 cm³/mol. The van der Waals surface area contributed by atoms with Crippen LogP contribution >= 0.6 is 0 Å². The van der Waals surface area contributed by atoms with Crippen LogP contribution in [-0.4, -0.2) is 31.7 Å². The third-order valence-corrected chi connectivity index (χ3v) is 1.49. The van der Waals surface area contributed by atoms with Gasteiger partial charge in [-0.3, -0.25) is 4.79 Å². The number of carbonyl (C=O) groups excluding carboxylic acids is 1. The molecule has 0 atom stereocenters. The van der Waals surface area contributed by atoms with Gasteiger partial charge in [-0.2, -0.15) is 0 Å². The van der Waals surface area contributed by atoms with E-state index in [1.54, 1.807) is 13.8 Å². The lowest BCUT2D eigenvalue weighted by atomic mass is 10.1. The minimum absolute atomic E-state index is 0.134. The van der Waals surface area contributed by atoms with Gasteiger partial charge in [-0.15, -0.1) is 0 Å². The zero-order valence-electron chi connectivity index (χ0n) is 7.31. The Morgan fingerprint density at radius 3 is 2.55 bits per heavy atom. The molecular weight excluding hydrogens is 144 g/mol. The van der Waals surface area contributed by atoms with Crippen LogP contribution in [0.2, 0.25) is 0 Å². The van der Waals surface area contributed by atoms with Gasteiger partial charge in [-0.1, -0.05) is 0 Å². The van der Waals surface area contributed by atoms with Crippen LogP contribution in [0.3, 0.4) is 0 Å². The van der Waals surface area contributed by atoms with E-state index in [-0.39, 0.29) is 5.91 Å². The highest BCUT2D eigenvalue weighted by molar-refractivity contribution is 5.84. The normalized spacial score (nSPS) is 11.3. The van der Waals surface area contributed by atoms with E-state index in [1.165, 1.54) is 7.11 Å². The summed E-state index contributed by atoms with van der Waals surface area (Å²) in [6.07, 6.45) is 0. The summed E-state index contributed by atoms with van der Waals surface area (Å²) in [6, 6.07) is 0. The molecular formula is C7H16N2O2. The summed E-state index contributed by atoms with van der Waals surface area (Å²) in [5.41, 5.74) is 4.45. The second-order valence-electron chi connectivity index (χ2n) is 2.76. The Morgan fingerprint density at radius 2 is 2.18 bits per heavy atom. The molecule has 4 heteroatoms. The van der Waals surface area contributed by atoms with Crippen molar-refractivity contribution in [2.75, 3.05) is 20.2 Å². The summed E-state index contributed by atoms with van der Waals surface area (Å²) < 4.78 is 4.94. The third kappa shape index (κ3) is 3.34. The lowest BCUT2D eigenvalue weighted by molar-refractivity contribution is -0.139. The van der Waals surface area contributed by atoms with E-state index in [9.17, 15) is 4.79 Å². The van der Waals surface area contributed by atoms with Crippen LogP contribution in [0.15, 0.2) is 0 Å². The van der Waals surface area contributed by atoms with E-state index in [0.29, 0.717) is 13.1 Å². The number of hydrogen-bond donors (Lipinski definition) is 2. The summed E-state index contributed by atoms with van der Waals surface area (Å²) in [5.74, 6) is -0.134. The molecule has 0 aromatic heterocycles. The van der Waals surface area contributed by atoms with E-state index >= 15 is 0 Å². The molecule has 66 valence electrons. The lowest BCUT2D eigenvalue weighted by Gasteiger charge is -2.21. The Morgan fingerprint density at radius 1 is 1.64 bits per heavy atom. The van der Waals surface area contributed by atoms with Gasteiger partial charge in [0.2, 0.25) is 0 Å². The van der Waals surface area contributed by atoms with Crippen molar-refractivity contribution < 1.29 is 9.53 Å². The Bertz CT molecular complexity index is 134. The van der Waals surface area contributed by atoms with Crippen molar-refractivity contribution in [1.82, 2.24) is 5.32 Å². The number of nitrogens with one attached hydrogen (secondary N) is 1. The van der Waals surface area contributed by atoms with Crippen LogP contribution in [0.1, 0.15) is 13.8 Å². The Balaban J connectivity index is 3.82. The number of hydrogen-bond acceptors (Lipinski definition) is 3. The fraction of sp³-hybridized carbons (Fsp3) is 0.857. The van der Waals surface area contributed by atoms with Gasteiger partial charge >= 0.3 is 0 Å². The van der Waals surface area contributed by atoms with Gasteiger partial charge in [0.15, 0.2) is 0 Å². The molecule has 0 saturated heterocycles. The van der Waals surface area contributed by atoms with E-state index in [2.05, 4.69) is 5.32 Å². The van der Waals surface area contributed by atoms with Crippen molar-refractivity contribution in [3.8, 4) is 0 Å². The summed E-state index contributed by atoms with van der Waals surface area (Å²) in [7, 11) is 1.50. The van der Waals surface area contributed by atoms with Crippen LogP contribution in [0.25, 0.3) is 0 Å². The van der Waals surface area contributed by atoms with E-state index in [0.717, 1.165) is 0 Å². The maximum atomic E-state index is 11.2. The molecule has 0 aromatic rings. The number of methoxy groups -OCH3 is 1. The number of rotatable bonds is 4. The first-order chi connectivity index (χ1) is 5.04. The minimum atomic E-state index is -0.755. The van der Waals surface area contributed by atoms with Crippen molar-refractivity contribution in [1.29, 1.82) is 0 Å². The van der Waals surface area contributed by atoms with E-state index < -0.39 is 5.60 Å². The van der Waals surface area contributed by atoms with Crippen molar-refractivity contribution >= 4 is 5.91 Å². The molecule has 0 aliphatic rings. The first kappa shape index (κ1) is 10.4. The predicted octanol–water partition coefficient (Wildman–Crippen LogP) is -0.514. The number of ether oxygens (including phenoxy) is 1. The van der Waals surface area contributed by atoms with Crippen LogP contribution in [0.5, 0.6) is 0 Å². The molecule has 0 bridgehead atoms. The zero-order chi connectivity index (χ0) is 8.91. The van der Waals surface area contributed by atoms with Crippen LogP contribution in [-0.2, 0) is 9.53 Å². The zero-order valence-corrected chi connectivity index (χ0v) is 7.31. The lowest BCUT2D eigenvalue weighted by Crippen LogP contribution is -2.45. The van der Waals surface area contributed by atoms with Gasteiger partial charge in [-0.05, 0) is 13.8 Å². The summed E-state index contributed by atoms with van der Waals surface area (Å²) in [6.45, 7) is 4.36. The molecule has 0 unspecified atom stereocenters. The molecule has 0 radical (unpaired) electrons. The average molecular weight is 160 g/mol. The summed E-state index contributed by atoms with van der Waals surface area (Å²) >= 11 is 0. The van der Waals surface area contributed by atoms with Gasteiger partial charge < -0.3 is 15.8 Å². The maximum Gasteiger partial charge on any atom is 0.251 e. The van der Waals surface area contributed by atoms with Crippen molar-refractivity contribution in [2.24, 2.45) is 5.73 Å². The highest BCUT2D eigenvalue weighted by Gasteiger charge is 2.25. The first-order valence-corrected chi connectivity index (χ1v) is 3.58. The second kappa shape index (κ2) is 4.31. The molecule has 0 rings (SSSR count). The fourth-order valence-electron chi connectivity index (χ4n) is 0.491. The van der Waals surface area contributed by atoms with Gasteiger partial charge in [0.1, 0.15) is 5.60 Å². The maximum absolute atomic E-state index is 11.2. The molecule has 0 aromatic carbocycles. The van der Waals surface area contributed by atoms with E-state index in [4.69, 9.17) is 10.5 Å². The van der Waals surface area contributed by atoms with Crippen LogP contribution in [0, 0.1) is 0 Å². The Hall–Kier alpha value is -0.610. The number of amides is 1. The summed E-state index contributed by atoms with van der Waals surface area (Å²) in [4.78, 5) is 11.2. The largest absolute Gasteiger partial charge is 0.369 e. The highest BCUT2D eigenvalue weighted by atomic mass is 16.5. The quantitative estimate of drug-likeness (QED) is 0.582. The Labute approximate surface area is 67.1 Å². The Kier molecular flexibility index (Phi) is 4.07. The average Bonchev–Trinajstić information content (AvgIpc) is 2.00. The molecule has 11 heavy (non-hydrogen) atoms. The van der Waals surface area contributed by atoms with Gasteiger partial charge in [0.05, 0.1) is 0 Å². The number of nitrogens with two attached hydrogens (primary N) is 1. The van der Waals surface area contributed by atoms with Crippen LogP contribution in [0.4, 0.5) is 0 Å². The van der Waals surface area contributed by atoms with Gasteiger partial charge in [0, 0.05) is 20.2 Å². The second-order valence-corrected chi connectivity index (χ2v) is 2.76. The van der Waals surface area contributed by atoms with Gasteiger partial charge in [-0.25, -0.2) is 0 Å². The molecule has 0 aliphatic heterocycles. The molecule has 0 fully saturated rings. The third-order valence-electron chi connectivity index (χ3n) is 1.49. The molecule has 0 aliphatic carbocycles. The molecule has 1 amide bonds. The van der Waals surface area contributed by atoms with Gasteiger partial charge in [0.25, 0.3) is 5.91 Å². The molecule has 4 nitrogen and oxygen atoms in total. The standard InChI is InChI=1S/C7H16N2O2/c1-7(2,11-3)6(10)9-5-4-8/h4-5,8H2,1-3H3,(H,9,10).